The van der Waals surface area contributed by atoms with Crippen molar-refractivity contribution >= 4 is 57.9 Å². The molecule has 0 saturated carbocycles. The van der Waals surface area contributed by atoms with Crippen LogP contribution in [0.3, 0.4) is 0 Å². The van der Waals surface area contributed by atoms with Gasteiger partial charge in [0.2, 0.25) is 16.2 Å². The molecule has 1 fully saturated rings. The Labute approximate surface area is 221 Å². The van der Waals surface area contributed by atoms with E-state index in [1.807, 2.05) is 85.8 Å². The third-order valence-corrected chi connectivity index (χ3v) is 8.64. The molecule has 0 aliphatic carbocycles. The van der Waals surface area contributed by atoms with Crippen LogP contribution in [0.4, 0.5) is 11.4 Å². The first-order valence-corrected chi connectivity index (χ1v) is 13.0. The van der Waals surface area contributed by atoms with Gasteiger partial charge < -0.3 is 14.2 Å². The van der Waals surface area contributed by atoms with Crippen molar-refractivity contribution in [3.8, 4) is 11.5 Å². The Morgan fingerprint density at radius 1 is 1.00 bits per heavy atom. The molecule has 6 rings (SSSR count). The summed E-state index contributed by atoms with van der Waals surface area (Å²) in [5.74, 6) is 0.532. The molecule has 0 unspecified atom stereocenters. The highest BCUT2D eigenvalue weighted by molar-refractivity contribution is 8.29. The number of amides is 1. The molecule has 3 aromatic rings. The monoisotopic (exact) mass is 531 g/mol. The lowest BCUT2D eigenvalue weighted by Gasteiger charge is -2.38. The van der Waals surface area contributed by atoms with Gasteiger partial charge in [0.1, 0.15) is 0 Å². The Hall–Kier alpha value is -3.89. The first-order chi connectivity index (χ1) is 18.0. The van der Waals surface area contributed by atoms with E-state index in [0.29, 0.717) is 22.1 Å². The van der Waals surface area contributed by atoms with Gasteiger partial charge in [0, 0.05) is 5.69 Å². The topological polar surface area (TPSA) is 80.7 Å². The maximum absolute atomic E-state index is 14.1. The molecule has 3 aliphatic heterocycles. The van der Waals surface area contributed by atoms with Gasteiger partial charge in [-0.2, -0.15) is 5.10 Å². The lowest BCUT2D eigenvalue weighted by Crippen LogP contribution is -2.51. The van der Waals surface area contributed by atoms with Crippen molar-refractivity contribution in [3.63, 3.8) is 0 Å². The largest absolute Gasteiger partial charge is 0.464 e. The van der Waals surface area contributed by atoms with Crippen LogP contribution < -0.4 is 19.4 Å². The Morgan fingerprint density at radius 3 is 2.57 bits per heavy atom. The number of nitrogens with zero attached hydrogens (tertiary/aromatic N) is 3. The van der Waals surface area contributed by atoms with E-state index in [0.717, 1.165) is 16.8 Å². The fraction of sp³-hybridized carbons (Fsp3) is 0.148. The van der Waals surface area contributed by atoms with Gasteiger partial charge in [0.05, 0.1) is 17.7 Å². The fourth-order valence-electron chi connectivity index (χ4n) is 4.27. The van der Waals surface area contributed by atoms with E-state index in [4.69, 9.17) is 14.2 Å². The molecule has 0 N–H and O–H groups in total. The summed E-state index contributed by atoms with van der Waals surface area (Å²) in [7, 11) is 1.32. The molecular formula is C27H21N3O5S2. The van der Waals surface area contributed by atoms with Crippen molar-refractivity contribution in [2.75, 3.05) is 23.8 Å². The van der Waals surface area contributed by atoms with Crippen molar-refractivity contribution in [1.29, 1.82) is 0 Å². The lowest BCUT2D eigenvalue weighted by molar-refractivity contribution is -0.132. The summed E-state index contributed by atoms with van der Waals surface area (Å²) in [4.78, 5) is 28.9. The molecule has 186 valence electrons. The third-order valence-electron chi connectivity index (χ3n) is 5.94. The van der Waals surface area contributed by atoms with Crippen LogP contribution in [-0.2, 0) is 14.3 Å². The predicted molar refractivity (Wildman–Crippen MR) is 145 cm³/mol. The Balaban J connectivity index is 1.50. The number of para-hydroxylation sites is 1. The number of fused-ring (bicyclic) bond motifs is 1. The number of hydrogen-bond donors (Lipinski definition) is 0. The first-order valence-electron chi connectivity index (χ1n) is 11.4. The molecule has 0 bridgehead atoms. The summed E-state index contributed by atoms with van der Waals surface area (Å²) in [6.07, 6.45) is 1.82. The SMILES string of the molecule is COC(=O)C1=NN(c2cccc(C)c2)[C@@]2(S1)S/C(=C/c1ccc3c(c1)OCO3)C(=O)N2c1ccccc1. The molecule has 1 saturated heterocycles. The fourth-order valence-corrected chi connectivity index (χ4v) is 7.17. The number of benzene rings is 3. The zero-order chi connectivity index (χ0) is 25.6. The number of esters is 1. The quantitative estimate of drug-likeness (QED) is 0.336. The molecule has 1 spiro atoms. The van der Waals surface area contributed by atoms with Crippen LogP contribution in [0.5, 0.6) is 11.5 Å². The smallest absolute Gasteiger partial charge is 0.365 e. The number of carbonyl (C=O) groups excluding carboxylic acids is 2. The predicted octanol–water partition coefficient (Wildman–Crippen LogP) is 5.20. The average Bonchev–Trinajstić information content (AvgIpc) is 3.60. The second kappa shape index (κ2) is 9.20. The number of methoxy groups -OCH3 is 1. The molecule has 8 nitrogen and oxygen atoms in total. The number of rotatable bonds is 4. The van der Waals surface area contributed by atoms with Crippen molar-refractivity contribution < 1.29 is 23.8 Å². The standard InChI is InChI=1S/C27H21N3O5S2/c1-17-7-6-10-20(13-17)30-27(37-24(28-30)26(32)33-2)29(19-8-4-3-5-9-19)25(31)23(36-27)15-18-11-12-21-22(14-18)35-16-34-21/h3-15H,16H2,1-2H3/b23-15+/t27-/m1/s1. The van der Waals surface area contributed by atoms with Gasteiger partial charge in [-0.25, -0.2) is 9.80 Å². The molecule has 1 atom stereocenters. The van der Waals surface area contributed by atoms with Crippen LogP contribution in [0, 0.1) is 6.92 Å². The summed E-state index contributed by atoms with van der Waals surface area (Å²) in [6, 6.07) is 22.7. The Bertz CT molecular complexity index is 1480. The van der Waals surface area contributed by atoms with Crippen molar-refractivity contribution in [2.45, 2.75) is 11.3 Å². The van der Waals surface area contributed by atoms with Crippen LogP contribution in [0.2, 0.25) is 0 Å². The van der Waals surface area contributed by atoms with E-state index in [-0.39, 0.29) is 17.7 Å². The van der Waals surface area contributed by atoms with E-state index in [1.165, 1.54) is 30.6 Å². The summed E-state index contributed by atoms with van der Waals surface area (Å²) in [6.45, 7) is 2.15. The highest BCUT2D eigenvalue weighted by Gasteiger charge is 2.60. The highest BCUT2D eigenvalue weighted by Crippen LogP contribution is 2.59. The summed E-state index contributed by atoms with van der Waals surface area (Å²) < 4.78 is 14.8. The number of thioether (sulfide) groups is 2. The van der Waals surface area contributed by atoms with E-state index in [2.05, 4.69) is 5.10 Å². The van der Waals surface area contributed by atoms with E-state index < -0.39 is 10.3 Å². The maximum atomic E-state index is 14.1. The van der Waals surface area contributed by atoms with Gasteiger partial charge in [-0.15, -0.1) is 0 Å². The van der Waals surface area contributed by atoms with Gasteiger partial charge in [0.15, 0.2) is 11.5 Å². The van der Waals surface area contributed by atoms with Gasteiger partial charge >= 0.3 is 5.97 Å². The molecule has 10 heteroatoms. The number of anilines is 2. The number of ether oxygens (including phenoxy) is 3. The minimum absolute atomic E-state index is 0.162. The Kier molecular flexibility index (Phi) is 5.85. The molecular weight excluding hydrogens is 510 g/mol. The zero-order valence-corrected chi connectivity index (χ0v) is 21.5. The zero-order valence-electron chi connectivity index (χ0n) is 19.9. The first kappa shape index (κ1) is 23.5. The van der Waals surface area contributed by atoms with Crippen LogP contribution in [0.25, 0.3) is 6.08 Å². The van der Waals surface area contributed by atoms with Gasteiger partial charge in [-0.1, -0.05) is 48.2 Å². The van der Waals surface area contributed by atoms with Gasteiger partial charge in [-0.3, -0.25) is 9.69 Å². The maximum Gasteiger partial charge on any atom is 0.365 e. The number of hydrazone groups is 1. The molecule has 0 radical (unpaired) electrons. The summed E-state index contributed by atoms with van der Waals surface area (Å²) >= 11 is 2.52. The second-order valence-electron chi connectivity index (χ2n) is 8.40. The molecule has 37 heavy (non-hydrogen) atoms. The molecule has 1 amide bonds. The third kappa shape index (κ3) is 4.02. The molecule has 3 heterocycles. The number of carbonyl (C=O) groups is 2. The molecule has 3 aliphatic rings. The second-order valence-corrected chi connectivity index (χ2v) is 11.0. The highest BCUT2D eigenvalue weighted by atomic mass is 32.2. The van der Waals surface area contributed by atoms with E-state index in [9.17, 15) is 9.59 Å². The number of aryl methyl sites for hydroxylation is 1. The van der Waals surface area contributed by atoms with Crippen molar-refractivity contribution in [1.82, 2.24) is 0 Å². The minimum atomic E-state index is -1.13. The van der Waals surface area contributed by atoms with Crippen LogP contribution in [0.1, 0.15) is 11.1 Å². The van der Waals surface area contributed by atoms with E-state index >= 15 is 0 Å². The van der Waals surface area contributed by atoms with Crippen molar-refractivity contribution in [3.05, 3.63) is 88.8 Å². The number of hydrogen-bond acceptors (Lipinski definition) is 9. The summed E-state index contributed by atoms with van der Waals surface area (Å²) in [5, 5.41) is 6.56. The molecule has 0 aromatic heterocycles. The average molecular weight is 532 g/mol. The molecule has 3 aromatic carbocycles. The van der Waals surface area contributed by atoms with E-state index in [1.54, 1.807) is 9.91 Å². The van der Waals surface area contributed by atoms with Crippen LogP contribution >= 0.6 is 23.5 Å². The minimum Gasteiger partial charge on any atom is -0.464 e. The Morgan fingerprint density at radius 2 is 1.78 bits per heavy atom. The van der Waals surface area contributed by atoms with Gasteiger partial charge in [0.25, 0.3) is 5.91 Å². The lowest BCUT2D eigenvalue weighted by atomic mass is 10.2. The van der Waals surface area contributed by atoms with Gasteiger partial charge in [-0.05, 0) is 72.3 Å². The van der Waals surface area contributed by atoms with Crippen LogP contribution in [-0.4, -0.2) is 35.1 Å². The van der Waals surface area contributed by atoms with Crippen LogP contribution in [0.15, 0.2) is 82.8 Å². The van der Waals surface area contributed by atoms with Crippen molar-refractivity contribution in [2.24, 2.45) is 5.10 Å². The normalized spacial score (nSPS) is 21.2. The summed E-state index contributed by atoms with van der Waals surface area (Å²) in [5.41, 5.74) is 3.25.